The van der Waals surface area contributed by atoms with Gasteiger partial charge in [0.25, 0.3) is 0 Å². The highest BCUT2D eigenvalue weighted by Gasteiger charge is 2.05. The van der Waals surface area contributed by atoms with Gasteiger partial charge in [-0.2, -0.15) is 0 Å². The minimum atomic E-state index is 0.698. The number of benzene rings is 1. The van der Waals surface area contributed by atoms with Crippen LogP contribution in [-0.2, 0) is 0 Å². The van der Waals surface area contributed by atoms with Crippen molar-refractivity contribution in [2.24, 2.45) is 5.84 Å². The molecule has 0 aliphatic heterocycles. The zero-order valence-electron chi connectivity index (χ0n) is 8.07. The van der Waals surface area contributed by atoms with Crippen LogP contribution in [0.15, 0.2) is 18.2 Å². The predicted molar refractivity (Wildman–Crippen MR) is 52.1 cm³/mol. The molecule has 0 saturated heterocycles. The van der Waals surface area contributed by atoms with E-state index in [0.29, 0.717) is 5.75 Å². The van der Waals surface area contributed by atoms with E-state index in [1.807, 2.05) is 12.1 Å². The van der Waals surface area contributed by atoms with Crippen molar-refractivity contribution in [3.05, 3.63) is 18.2 Å². The molecule has 72 valence electrons. The average molecular weight is 182 g/mol. The molecule has 0 amide bonds. The van der Waals surface area contributed by atoms with E-state index in [2.05, 4.69) is 0 Å². The smallest absolute Gasteiger partial charge is 0.147 e. The van der Waals surface area contributed by atoms with Gasteiger partial charge < -0.3 is 14.5 Å². The summed E-state index contributed by atoms with van der Waals surface area (Å²) in [7, 11) is 4.96. The Balaban J connectivity index is 3.08. The highest BCUT2D eigenvalue weighted by molar-refractivity contribution is 5.59. The van der Waals surface area contributed by atoms with Gasteiger partial charge >= 0.3 is 0 Å². The fraction of sp³-hybridized carbons (Fsp3) is 0.333. The molecule has 1 aromatic carbocycles. The molecule has 1 rings (SSSR count). The van der Waals surface area contributed by atoms with Crippen molar-refractivity contribution in [3.63, 3.8) is 0 Å². The first-order valence-corrected chi connectivity index (χ1v) is 3.89. The summed E-state index contributed by atoms with van der Waals surface area (Å²) in [6, 6.07) is 5.47. The van der Waals surface area contributed by atoms with Crippen LogP contribution in [0.1, 0.15) is 0 Å². The maximum atomic E-state index is 5.59. The Morgan fingerprint density at radius 2 is 1.92 bits per heavy atom. The van der Waals surface area contributed by atoms with E-state index in [1.54, 1.807) is 27.3 Å². The summed E-state index contributed by atoms with van der Waals surface area (Å²) < 4.78 is 10.2. The quantitative estimate of drug-likeness (QED) is 0.560. The van der Waals surface area contributed by atoms with Gasteiger partial charge in [0.1, 0.15) is 11.5 Å². The van der Waals surface area contributed by atoms with Crippen LogP contribution in [0.25, 0.3) is 0 Å². The summed E-state index contributed by atoms with van der Waals surface area (Å²) in [5.41, 5.74) is 0.823. The van der Waals surface area contributed by atoms with Gasteiger partial charge in [0.15, 0.2) is 0 Å². The molecule has 2 N–H and O–H groups in total. The normalized spacial score (nSPS) is 9.54. The number of nitrogens with zero attached hydrogens (tertiary/aromatic N) is 1. The number of ether oxygens (including phenoxy) is 2. The summed E-state index contributed by atoms with van der Waals surface area (Å²) in [6.07, 6.45) is 0. The molecule has 0 atom stereocenters. The molecule has 0 aromatic heterocycles. The Labute approximate surface area is 77.8 Å². The van der Waals surface area contributed by atoms with Crippen LogP contribution in [0.5, 0.6) is 11.5 Å². The Hall–Kier alpha value is -1.42. The number of rotatable bonds is 3. The van der Waals surface area contributed by atoms with Crippen LogP contribution in [0.4, 0.5) is 5.69 Å². The van der Waals surface area contributed by atoms with E-state index in [9.17, 15) is 0 Å². The number of hydrogen-bond acceptors (Lipinski definition) is 4. The second kappa shape index (κ2) is 4.00. The first kappa shape index (κ1) is 9.67. The van der Waals surface area contributed by atoms with Gasteiger partial charge in [-0.3, -0.25) is 0 Å². The fourth-order valence-corrected chi connectivity index (χ4v) is 1.08. The largest absolute Gasteiger partial charge is 0.497 e. The maximum Gasteiger partial charge on any atom is 0.147 e. The maximum absolute atomic E-state index is 5.59. The summed E-state index contributed by atoms with van der Waals surface area (Å²) in [4.78, 5) is 0. The third kappa shape index (κ3) is 2.03. The minimum Gasteiger partial charge on any atom is -0.497 e. The molecule has 0 aliphatic carbocycles. The van der Waals surface area contributed by atoms with Gasteiger partial charge in [-0.25, -0.2) is 5.84 Å². The van der Waals surface area contributed by atoms with Crippen LogP contribution in [0.2, 0.25) is 0 Å². The molecular formula is C9H14N2O2. The van der Waals surface area contributed by atoms with Gasteiger partial charge in [-0.05, 0) is 12.1 Å². The van der Waals surface area contributed by atoms with E-state index in [-0.39, 0.29) is 0 Å². The molecule has 0 bridgehead atoms. The predicted octanol–water partition coefficient (Wildman–Crippen LogP) is 1.01. The lowest BCUT2D eigenvalue weighted by molar-refractivity contribution is 0.394. The second-order valence-electron chi connectivity index (χ2n) is 2.65. The minimum absolute atomic E-state index is 0.698. The standard InChI is InChI=1S/C9H14N2O2/c1-11(10)8-5-4-7(12-2)6-9(8)13-3/h4-6H,10H2,1-3H3. The molecule has 0 saturated carbocycles. The van der Waals surface area contributed by atoms with E-state index >= 15 is 0 Å². The Kier molecular flexibility index (Phi) is 2.97. The lowest BCUT2D eigenvalue weighted by Gasteiger charge is -2.16. The molecular weight excluding hydrogens is 168 g/mol. The fourth-order valence-electron chi connectivity index (χ4n) is 1.08. The Bertz CT molecular complexity index is 287. The van der Waals surface area contributed by atoms with Crippen molar-refractivity contribution < 1.29 is 9.47 Å². The van der Waals surface area contributed by atoms with Crippen LogP contribution < -0.4 is 20.3 Å². The molecule has 0 heterocycles. The molecule has 0 spiro atoms. The van der Waals surface area contributed by atoms with Crippen molar-refractivity contribution in [1.82, 2.24) is 0 Å². The van der Waals surface area contributed by atoms with E-state index in [1.165, 1.54) is 5.01 Å². The highest BCUT2D eigenvalue weighted by Crippen LogP contribution is 2.29. The van der Waals surface area contributed by atoms with E-state index < -0.39 is 0 Å². The Morgan fingerprint density at radius 3 is 2.38 bits per heavy atom. The number of anilines is 1. The van der Waals surface area contributed by atoms with Gasteiger partial charge in [0.2, 0.25) is 0 Å². The van der Waals surface area contributed by atoms with Crippen molar-refractivity contribution in [3.8, 4) is 11.5 Å². The van der Waals surface area contributed by atoms with Crippen molar-refractivity contribution >= 4 is 5.69 Å². The van der Waals surface area contributed by atoms with E-state index in [0.717, 1.165) is 11.4 Å². The highest BCUT2D eigenvalue weighted by atomic mass is 16.5. The molecule has 1 aromatic rings. The number of hydrazine groups is 1. The lowest BCUT2D eigenvalue weighted by Crippen LogP contribution is -2.25. The lowest BCUT2D eigenvalue weighted by atomic mass is 10.2. The van der Waals surface area contributed by atoms with Crippen molar-refractivity contribution in [2.75, 3.05) is 26.3 Å². The molecule has 0 aliphatic rings. The molecule has 0 radical (unpaired) electrons. The third-order valence-corrected chi connectivity index (χ3v) is 1.77. The van der Waals surface area contributed by atoms with Crippen LogP contribution in [0.3, 0.4) is 0 Å². The van der Waals surface area contributed by atoms with Crippen LogP contribution in [0, 0.1) is 0 Å². The molecule has 0 fully saturated rings. The zero-order valence-corrected chi connectivity index (χ0v) is 8.07. The summed E-state index contributed by atoms with van der Waals surface area (Å²) >= 11 is 0. The van der Waals surface area contributed by atoms with Gasteiger partial charge in [-0.1, -0.05) is 0 Å². The monoisotopic (exact) mass is 182 g/mol. The van der Waals surface area contributed by atoms with Crippen molar-refractivity contribution in [2.45, 2.75) is 0 Å². The first-order chi connectivity index (χ1) is 6.19. The van der Waals surface area contributed by atoms with Gasteiger partial charge in [-0.15, -0.1) is 0 Å². The molecule has 4 nitrogen and oxygen atoms in total. The summed E-state index contributed by atoms with van der Waals surface area (Å²) in [5.74, 6) is 7.04. The first-order valence-electron chi connectivity index (χ1n) is 3.89. The van der Waals surface area contributed by atoms with Gasteiger partial charge in [0, 0.05) is 13.1 Å². The summed E-state index contributed by atoms with van der Waals surface area (Å²) in [5, 5.41) is 1.50. The SMILES string of the molecule is COc1ccc(N(C)N)c(OC)c1. The molecule has 0 unspecified atom stereocenters. The number of nitrogens with two attached hydrogens (primary N) is 1. The topological polar surface area (TPSA) is 47.7 Å². The average Bonchev–Trinajstić information content (AvgIpc) is 2.16. The second-order valence-corrected chi connectivity index (χ2v) is 2.65. The van der Waals surface area contributed by atoms with Crippen molar-refractivity contribution in [1.29, 1.82) is 0 Å². The van der Waals surface area contributed by atoms with Crippen LogP contribution in [-0.4, -0.2) is 21.3 Å². The van der Waals surface area contributed by atoms with E-state index in [4.69, 9.17) is 15.3 Å². The van der Waals surface area contributed by atoms with Crippen LogP contribution >= 0.6 is 0 Å². The summed E-state index contributed by atoms with van der Waals surface area (Å²) in [6.45, 7) is 0. The Morgan fingerprint density at radius 1 is 1.23 bits per heavy atom. The van der Waals surface area contributed by atoms with Gasteiger partial charge in [0.05, 0.1) is 19.9 Å². The zero-order chi connectivity index (χ0) is 9.84. The molecule has 4 heteroatoms. The molecule has 13 heavy (non-hydrogen) atoms. The number of methoxy groups -OCH3 is 2. The third-order valence-electron chi connectivity index (χ3n) is 1.77. The number of hydrogen-bond donors (Lipinski definition) is 1.